The van der Waals surface area contributed by atoms with Crippen LogP contribution < -0.4 is 5.32 Å². The van der Waals surface area contributed by atoms with Crippen LogP contribution in [0.3, 0.4) is 0 Å². The molecule has 0 aromatic carbocycles. The van der Waals surface area contributed by atoms with Crippen molar-refractivity contribution in [3.05, 3.63) is 0 Å². The molecule has 3 aliphatic rings. The first-order chi connectivity index (χ1) is 13.9. The van der Waals surface area contributed by atoms with Crippen LogP contribution >= 0.6 is 0 Å². The van der Waals surface area contributed by atoms with Gasteiger partial charge in [0.1, 0.15) is 5.54 Å². The first-order valence-electron chi connectivity index (χ1n) is 10.8. The van der Waals surface area contributed by atoms with Gasteiger partial charge >= 0.3 is 6.03 Å². The summed E-state index contributed by atoms with van der Waals surface area (Å²) in [6.07, 6.45) is 3.42. The number of likely N-dealkylation sites (N-methyl/N-ethyl adjacent to an activating group) is 1. The van der Waals surface area contributed by atoms with E-state index in [1.807, 2.05) is 18.7 Å². The highest BCUT2D eigenvalue weighted by molar-refractivity contribution is 6.07. The molecule has 2 heterocycles. The van der Waals surface area contributed by atoms with Crippen molar-refractivity contribution in [2.45, 2.75) is 51.5 Å². The Bertz CT molecular complexity index is 649. The Morgan fingerprint density at radius 3 is 2.24 bits per heavy atom. The second-order valence-electron chi connectivity index (χ2n) is 8.15. The van der Waals surface area contributed by atoms with E-state index in [4.69, 9.17) is 0 Å². The molecular formula is C20H33N5O4. The third-order valence-corrected chi connectivity index (χ3v) is 6.45. The molecule has 29 heavy (non-hydrogen) atoms. The van der Waals surface area contributed by atoms with Crippen molar-refractivity contribution in [1.82, 2.24) is 24.9 Å². The van der Waals surface area contributed by atoms with Crippen molar-refractivity contribution in [1.29, 1.82) is 0 Å². The number of nitrogens with one attached hydrogen (secondary N) is 1. The van der Waals surface area contributed by atoms with Crippen LogP contribution in [0.25, 0.3) is 0 Å². The number of imide groups is 1. The molecule has 1 N–H and O–H groups in total. The van der Waals surface area contributed by atoms with Gasteiger partial charge in [-0.3, -0.25) is 24.2 Å². The lowest BCUT2D eigenvalue weighted by molar-refractivity contribution is -0.135. The lowest BCUT2D eigenvalue weighted by Gasteiger charge is -2.35. The zero-order valence-corrected chi connectivity index (χ0v) is 17.6. The molecule has 5 amide bonds. The average molecular weight is 408 g/mol. The highest BCUT2D eigenvalue weighted by atomic mass is 16.2. The molecule has 2 saturated heterocycles. The summed E-state index contributed by atoms with van der Waals surface area (Å²) in [5.41, 5.74) is -0.719. The van der Waals surface area contributed by atoms with Gasteiger partial charge in [0.25, 0.3) is 5.91 Å². The molecule has 0 radical (unpaired) electrons. The summed E-state index contributed by atoms with van der Waals surface area (Å²) in [4.78, 5) is 56.5. The molecule has 3 fully saturated rings. The molecule has 0 aromatic rings. The number of nitrogens with zero attached hydrogens (tertiary/aromatic N) is 4. The monoisotopic (exact) mass is 407 g/mol. The number of urea groups is 1. The molecule has 0 bridgehead atoms. The van der Waals surface area contributed by atoms with Crippen molar-refractivity contribution in [3.8, 4) is 0 Å². The first kappa shape index (κ1) is 21.5. The molecule has 1 saturated carbocycles. The Hall–Kier alpha value is -2.16. The molecule has 3 rings (SSSR count). The van der Waals surface area contributed by atoms with Crippen molar-refractivity contribution in [2.24, 2.45) is 0 Å². The first-order valence-corrected chi connectivity index (χ1v) is 10.8. The van der Waals surface area contributed by atoms with Gasteiger partial charge in [-0.15, -0.1) is 0 Å². The quantitative estimate of drug-likeness (QED) is 0.611. The molecule has 0 atom stereocenters. The Kier molecular flexibility index (Phi) is 6.77. The summed E-state index contributed by atoms with van der Waals surface area (Å²) < 4.78 is 0. The van der Waals surface area contributed by atoms with Gasteiger partial charge in [-0.05, 0) is 26.7 Å². The largest absolute Gasteiger partial charge is 0.342 e. The summed E-state index contributed by atoms with van der Waals surface area (Å²) in [5.74, 6) is -0.102. The minimum Gasteiger partial charge on any atom is -0.342 e. The molecule has 0 unspecified atom stereocenters. The van der Waals surface area contributed by atoms with Gasteiger partial charge in [-0.1, -0.05) is 12.8 Å². The Morgan fingerprint density at radius 2 is 1.66 bits per heavy atom. The minimum absolute atomic E-state index is 0.0484. The SMILES string of the molecule is CCN(CC)C(=O)CN1CCN(C(=O)CCN2C(=O)NC3(CCCC3)C2=O)CC1. The number of carbonyl (C=O) groups excluding carboxylic acids is 4. The van der Waals surface area contributed by atoms with Crippen LogP contribution in [0.15, 0.2) is 0 Å². The molecule has 9 heteroatoms. The van der Waals surface area contributed by atoms with E-state index in [0.717, 1.165) is 12.8 Å². The Labute approximate surface area is 172 Å². The smallest absolute Gasteiger partial charge is 0.325 e. The van der Waals surface area contributed by atoms with Gasteiger partial charge in [-0.2, -0.15) is 0 Å². The molecule has 1 spiro atoms. The van der Waals surface area contributed by atoms with E-state index in [2.05, 4.69) is 10.2 Å². The third-order valence-electron chi connectivity index (χ3n) is 6.45. The van der Waals surface area contributed by atoms with Crippen molar-refractivity contribution >= 4 is 23.8 Å². The van der Waals surface area contributed by atoms with E-state index >= 15 is 0 Å². The van der Waals surface area contributed by atoms with Crippen molar-refractivity contribution in [3.63, 3.8) is 0 Å². The van der Waals surface area contributed by atoms with E-state index in [1.54, 1.807) is 4.90 Å². The summed E-state index contributed by atoms with van der Waals surface area (Å²) >= 11 is 0. The van der Waals surface area contributed by atoms with Gasteiger partial charge < -0.3 is 15.1 Å². The highest BCUT2D eigenvalue weighted by Crippen LogP contribution is 2.35. The normalized spacial score (nSPS) is 21.7. The fraction of sp³-hybridized carbons (Fsp3) is 0.800. The lowest BCUT2D eigenvalue weighted by atomic mass is 9.98. The Morgan fingerprint density at radius 1 is 1.03 bits per heavy atom. The number of hydrogen-bond donors (Lipinski definition) is 1. The van der Waals surface area contributed by atoms with Crippen LogP contribution in [0.4, 0.5) is 4.79 Å². The van der Waals surface area contributed by atoms with Crippen LogP contribution in [-0.4, -0.2) is 101 Å². The molecule has 9 nitrogen and oxygen atoms in total. The highest BCUT2D eigenvalue weighted by Gasteiger charge is 2.52. The van der Waals surface area contributed by atoms with Crippen LogP contribution in [0, 0.1) is 0 Å². The van der Waals surface area contributed by atoms with Crippen LogP contribution in [0.2, 0.25) is 0 Å². The fourth-order valence-corrected chi connectivity index (χ4v) is 4.59. The van der Waals surface area contributed by atoms with Crippen molar-refractivity contribution in [2.75, 3.05) is 52.4 Å². The number of rotatable bonds is 7. The minimum atomic E-state index is -0.719. The van der Waals surface area contributed by atoms with Gasteiger partial charge in [0.05, 0.1) is 6.54 Å². The molecule has 162 valence electrons. The van der Waals surface area contributed by atoms with E-state index < -0.39 is 5.54 Å². The zero-order valence-electron chi connectivity index (χ0n) is 17.6. The van der Waals surface area contributed by atoms with Gasteiger partial charge in [0.2, 0.25) is 11.8 Å². The van der Waals surface area contributed by atoms with E-state index in [1.165, 1.54) is 4.90 Å². The number of carbonyl (C=O) groups is 4. The van der Waals surface area contributed by atoms with E-state index in [-0.39, 0.29) is 36.7 Å². The van der Waals surface area contributed by atoms with Crippen LogP contribution in [0.5, 0.6) is 0 Å². The van der Waals surface area contributed by atoms with Crippen LogP contribution in [0.1, 0.15) is 46.0 Å². The molecule has 1 aliphatic carbocycles. The predicted molar refractivity (Wildman–Crippen MR) is 107 cm³/mol. The fourth-order valence-electron chi connectivity index (χ4n) is 4.59. The Balaban J connectivity index is 1.43. The maximum atomic E-state index is 12.7. The summed E-state index contributed by atoms with van der Waals surface area (Å²) in [6, 6.07) is -0.371. The second-order valence-corrected chi connectivity index (χ2v) is 8.15. The number of piperazine rings is 1. The zero-order chi connectivity index (χ0) is 21.0. The lowest BCUT2D eigenvalue weighted by Crippen LogP contribution is -2.52. The maximum absolute atomic E-state index is 12.7. The standard InChI is InChI=1S/C20H33N5O4/c1-3-23(4-2)17(27)15-22-11-13-24(14-12-22)16(26)7-10-25-18(28)20(21-19(25)29)8-5-6-9-20/h3-15H2,1-2H3,(H,21,29). The maximum Gasteiger partial charge on any atom is 0.325 e. The number of amides is 5. The van der Waals surface area contributed by atoms with E-state index in [0.29, 0.717) is 58.7 Å². The number of hydrogen-bond acceptors (Lipinski definition) is 5. The summed E-state index contributed by atoms with van der Waals surface area (Å²) in [7, 11) is 0. The van der Waals surface area contributed by atoms with E-state index in [9.17, 15) is 19.2 Å². The third kappa shape index (κ3) is 4.55. The molecular weight excluding hydrogens is 374 g/mol. The van der Waals surface area contributed by atoms with Crippen LogP contribution in [-0.2, 0) is 14.4 Å². The predicted octanol–water partition coefficient (Wildman–Crippen LogP) is 0.254. The second kappa shape index (κ2) is 9.11. The van der Waals surface area contributed by atoms with Gasteiger partial charge in [0.15, 0.2) is 0 Å². The van der Waals surface area contributed by atoms with Gasteiger partial charge in [-0.25, -0.2) is 4.79 Å². The molecule has 2 aliphatic heterocycles. The molecule has 0 aromatic heterocycles. The summed E-state index contributed by atoms with van der Waals surface area (Å²) in [6.45, 7) is 8.31. The van der Waals surface area contributed by atoms with Crippen molar-refractivity contribution < 1.29 is 19.2 Å². The average Bonchev–Trinajstić information content (AvgIpc) is 3.27. The summed E-state index contributed by atoms with van der Waals surface area (Å²) in [5, 5.41) is 2.84. The van der Waals surface area contributed by atoms with Gasteiger partial charge in [0, 0.05) is 52.2 Å². The topological polar surface area (TPSA) is 93.3 Å².